The molecule has 0 spiro atoms. The lowest BCUT2D eigenvalue weighted by molar-refractivity contribution is 0.911. The van der Waals surface area contributed by atoms with Gasteiger partial charge in [0, 0.05) is 5.56 Å². The van der Waals surface area contributed by atoms with Crippen molar-refractivity contribution in [2.24, 2.45) is 5.73 Å². The Kier molecular flexibility index (Phi) is 1.61. The number of benzene rings is 1. The Bertz CT molecular complexity index is 329. The smallest absolute Gasteiger partial charge is 0.123 e. The normalized spacial score (nSPS) is 14.3. The number of nitrogen functional groups attached to an aromatic ring is 1. The third-order valence-electron chi connectivity index (χ3n) is 2.44. The van der Waals surface area contributed by atoms with E-state index in [1.54, 1.807) is 0 Å². The molecule has 0 saturated heterocycles. The van der Waals surface area contributed by atoms with Gasteiger partial charge in [-0.15, -0.1) is 0 Å². The maximum absolute atomic E-state index is 7.38. The first-order valence-electron chi connectivity index (χ1n) is 4.24. The summed E-state index contributed by atoms with van der Waals surface area (Å²) in [6.45, 7) is 0. The van der Waals surface area contributed by atoms with Crippen LogP contribution in [0.1, 0.15) is 23.1 Å². The summed E-state index contributed by atoms with van der Waals surface area (Å²) in [5, 5.41) is 7.38. The van der Waals surface area contributed by atoms with E-state index in [1.165, 1.54) is 17.5 Å². The molecule has 1 aliphatic rings. The van der Waals surface area contributed by atoms with Crippen molar-refractivity contribution >= 4 is 5.84 Å². The number of fused-ring (bicyclic) bond motifs is 1. The maximum Gasteiger partial charge on any atom is 0.123 e. The van der Waals surface area contributed by atoms with Crippen LogP contribution in [-0.2, 0) is 12.8 Å². The van der Waals surface area contributed by atoms with Crippen molar-refractivity contribution in [3.63, 3.8) is 0 Å². The summed E-state index contributed by atoms with van der Waals surface area (Å²) in [6, 6.07) is 6.06. The number of rotatable bonds is 1. The second-order valence-electron chi connectivity index (χ2n) is 3.21. The Balaban J connectivity index is 2.56. The van der Waals surface area contributed by atoms with Crippen molar-refractivity contribution in [2.75, 3.05) is 0 Å². The molecule has 2 nitrogen and oxygen atoms in total. The number of nitrogens with one attached hydrogen (secondary N) is 1. The van der Waals surface area contributed by atoms with Crippen molar-refractivity contribution in [1.29, 1.82) is 5.41 Å². The standard InChI is InChI=1S/C10H12N2/c11-10(12)9-6-2-4-7-3-1-5-8(7)9/h2,4,6H,1,3,5H2,(H3,11,12). The molecule has 12 heavy (non-hydrogen) atoms. The Hall–Kier alpha value is -1.31. The molecular formula is C10H12N2. The monoisotopic (exact) mass is 160 g/mol. The highest BCUT2D eigenvalue weighted by atomic mass is 14.7. The Labute approximate surface area is 71.9 Å². The van der Waals surface area contributed by atoms with Crippen molar-refractivity contribution in [3.8, 4) is 0 Å². The predicted octanol–water partition coefficient (Wildman–Crippen LogP) is 1.46. The fourth-order valence-electron chi connectivity index (χ4n) is 1.87. The summed E-state index contributed by atoms with van der Waals surface area (Å²) < 4.78 is 0. The molecule has 0 atom stereocenters. The number of nitrogens with two attached hydrogens (primary N) is 1. The summed E-state index contributed by atoms with van der Waals surface area (Å²) >= 11 is 0. The predicted molar refractivity (Wildman–Crippen MR) is 49.5 cm³/mol. The summed E-state index contributed by atoms with van der Waals surface area (Å²) in [6.07, 6.45) is 3.45. The van der Waals surface area contributed by atoms with E-state index in [1.807, 2.05) is 12.1 Å². The molecule has 3 N–H and O–H groups in total. The molecule has 0 fully saturated rings. The van der Waals surface area contributed by atoms with Gasteiger partial charge in [-0.2, -0.15) is 0 Å². The van der Waals surface area contributed by atoms with Gasteiger partial charge in [0.1, 0.15) is 5.84 Å². The van der Waals surface area contributed by atoms with Gasteiger partial charge in [-0.05, 0) is 30.4 Å². The first-order chi connectivity index (χ1) is 5.79. The zero-order valence-electron chi connectivity index (χ0n) is 6.93. The second-order valence-corrected chi connectivity index (χ2v) is 3.21. The van der Waals surface area contributed by atoms with Crippen molar-refractivity contribution < 1.29 is 0 Å². The summed E-state index contributed by atoms with van der Waals surface area (Å²) in [7, 11) is 0. The molecule has 0 amide bonds. The lowest BCUT2D eigenvalue weighted by Crippen LogP contribution is -2.13. The molecule has 1 aromatic carbocycles. The number of amidine groups is 1. The summed E-state index contributed by atoms with van der Waals surface area (Å²) in [5.74, 6) is 0.203. The SMILES string of the molecule is N=C(N)c1cccc2c1CCC2. The van der Waals surface area contributed by atoms with Gasteiger partial charge in [-0.25, -0.2) is 0 Å². The fourth-order valence-corrected chi connectivity index (χ4v) is 1.87. The third-order valence-corrected chi connectivity index (χ3v) is 2.44. The fraction of sp³-hybridized carbons (Fsp3) is 0.300. The first kappa shape index (κ1) is 7.35. The minimum atomic E-state index is 0.203. The van der Waals surface area contributed by atoms with Crippen molar-refractivity contribution in [2.45, 2.75) is 19.3 Å². The zero-order valence-corrected chi connectivity index (χ0v) is 6.93. The van der Waals surface area contributed by atoms with Gasteiger partial charge < -0.3 is 5.73 Å². The molecule has 0 radical (unpaired) electrons. The minimum Gasteiger partial charge on any atom is -0.384 e. The molecule has 1 aromatic rings. The number of hydrogen-bond donors (Lipinski definition) is 2. The van der Waals surface area contributed by atoms with Crippen LogP contribution in [0.3, 0.4) is 0 Å². The molecule has 0 unspecified atom stereocenters. The van der Waals surface area contributed by atoms with Gasteiger partial charge in [0.15, 0.2) is 0 Å². The molecule has 2 heteroatoms. The van der Waals surface area contributed by atoms with Crippen molar-refractivity contribution in [3.05, 3.63) is 34.9 Å². The molecule has 0 bridgehead atoms. The van der Waals surface area contributed by atoms with E-state index in [4.69, 9.17) is 11.1 Å². The van der Waals surface area contributed by atoms with E-state index >= 15 is 0 Å². The second kappa shape index (κ2) is 2.63. The Morgan fingerprint density at radius 3 is 2.92 bits per heavy atom. The van der Waals surface area contributed by atoms with Gasteiger partial charge in [-0.3, -0.25) is 5.41 Å². The van der Waals surface area contributed by atoms with Crippen LogP contribution < -0.4 is 5.73 Å². The molecule has 2 rings (SSSR count). The quantitative estimate of drug-likeness (QED) is 0.474. The van der Waals surface area contributed by atoms with E-state index in [2.05, 4.69) is 6.07 Å². The molecule has 0 aromatic heterocycles. The van der Waals surface area contributed by atoms with E-state index in [9.17, 15) is 0 Å². The van der Waals surface area contributed by atoms with Crippen LogP contribution in [0.4, 0.5) is 0 Å². The van der Waals surface area contributed by atoms with Gasteiger partial charge in [0.05, 0.1) is 0 Å². The highest BCUT2D eigenvalue weighted by Gasteiger charge is 2.14. The Morgan fingerprint density at radius 1 is 1.33 bits per heavy atom. The van der Waals surface area contributed by atoms with Gasteiger partial charge in [0.25, 0.3) is 0 Å². The molecule has 1 aliphatic carbocycles. The third kappa shape index (κ3) is 0.998. The van der Waals surface area contributed by atoms with Gasteiger partial charge in [-0.1, -0.05) is 18.2 Å². The van der Waals surface area contributed by atoms with Crippen LogP contribution in [-0.4, -0.2) is 5.84 Å². The van der Waals surface area contributed by atoms with E-state index in [0.29, 0.717) is 0 Å². The highest BCUT2D eigenvalue weighted by molar-refractivity contribution is 5.96. The van der Waals surface area contributed by atoms with Crippen LogP contribution in [0.5, 0.6) is 0 Å². The number of hydrogen-bond acceptors (Lipinski definition) is 1. The minimum absolute atomic E-state index is 0.203. The van der Waals surface area contributed by atoms with Crippen LogP contribution >= 0.6 is 0 Å². The van der Waals surface area contributed by atoms with E-state index in [0.717, 1.165) is 18.4 Å². The van der Waals surface area contributed by atoms with Crippen LogP contribution in [0.2, 0.25) is 0 Å². The lowest BCUT2D eigenvalue weighted by atomic mass is 10.0. The molecular weight excluding hydrogens is 148 g/mol. The summed E-state index contributed by atoms with van der Waals surface area (Å²) in [4.78, 5) is 0. The summed E-state index contributed by atoms with van der Waals surface area (Å²) in [5.41, 5.74) is 9.08. The maximum atomic E-state index is 7.38. The molecule has 0 aliphatic heterocycles. The van der Waals surface area contributed by atoms with E-state index in [-0.39, 0.29) is 5.84 Å². The van der Waals surface area contributed by atoms with Gasteiger partial charge in [0.2, 0.25) is 0 Å². The van der Waals surface area contributed by atoms with Crippen LogP contribution in [0.25, 0.3) is 0 Å². The number of aryl methyl sites for hydroxylation is 1. The van der Waals surface area contributed by atoms with Gasteiger partial charge >= 0.3 is 0 Å². The largest absolute Gasteiger partial charge is 0.384 e. The Morgan fingerprint density at radius 2 is 2.17 bits per heavy atom. The topological polar surface area (TPSA) is 49.9 Å². The molecule has 62 valence electrons. The van der Waals surface area contributed by atoms with Crippen LogP contribution in [0.15, 0.2) is 18.2 Å². The zero-order chi connectivity index (χ0) is 8.55. The highest BCUT2D eigenvalue weighted by Crippen LogP contribution is 2.24. The molecule has 0 saturated carbocycles. The van der Waals surface area contributed by atoms with E-state index < -0.39 is 0 Å². The first-order valence-corrected chi connectivity index (χ1v) is 4.24. The molecule has 0 heterocycles. The lowest BCUT2D eigenvalue weighted by Gasteiger charge is -2.05. The average Bonchev–Trinajstić information content (AvgIpc) is 2.49. The average molecular weight is 160 g/mol. The van der Waals surface area contributed by atoms with Crippen LogP contribution in [0, 0.1) is 5.41 Å². The van der Waals surface area contributed by atoms with Crippen molar-refractivity contribution in [1.82, 2.24) is 0 Å².